The molecule has 6 heterocycles. The van der Waals surface area contributed by atoms with Crippen LogP contribution in [0.4, 0.5) is 17.3 Å². The molecule has 0 spiro atoms. The van der Waals surface area contributed by atoms with Crippen LogP contribution < -0.4 is 21.7 Å². The average molecular weight is 741 g/mol. The van der Waals surface area contributed by atoms with Crippen LogP contribution in [0, 0.1) is 0 Å². The van der Waals surface area contributed by atoms with Gasteiger partial charge in [0.25, 0.3) is 11.8 Å². The summed E-state index contributed by atoms with van der Waals surface area (Å²) in [5, 5.41) is 8.57. The molecular formula is C40H40N10O5. The molecule has 15 nitrogen and oxygen atoms in total. The standard InChI is InChI=1S/C40H40N10O5/c41-36-35-34(24-12-14-25(15-13-24)38(53)45-31-10-1-3-19-43-31)47-37(49(35)22-20-44-36)29-9-6-21-48(29)33(52)11-2-4-18-42-28-8-5-7-26-27(28)23-50(40(26)55)30-16-17-32(51)46-39(30)54/h1,3,5,7-8,10,12-15,19-20,22,29-30,42H,2,4,6,9,11,16-18,21,23H2,(H2,41,44)(H,43,45,53)(H,46,51,54)/t29-,30?/m0/s1. The lowest BCUT2D eigenvalue weighted by atomic mass is 10.0. The van der Waals surface area contributed by atoms with Gasteiger partial charge >= 0.3 is 0 Å². The van der Waals surface area contributed by atoms with Gasteiger partial charge in [0.1, 0.15) is 34.7 Å². The third-order valence-electron chi connectivity index (χ3n) is 10.5. The van der Waals surface area contributed by atoms with Crippen LogP contribution in [-0.4, -0.2) is 77.8 Å². The summed E-state index contributed by atoms with van der Waals surface area (Å²) in [6.07, 6.45) is 8.93. The predicted octanol–water partition coefficient (Wildman–Crippen LogP) is 4.33. The van der Waals surface area contributed by atoms with Crippen LogP contribution in [0.15, 0.2) is 79.3 Å². The maximum Gasteiger partial charge on any atom is 0.256 e. The van der Waals surface area contributed by atoms with E-state index < -0.39 is 11.9 Å². The van der Waals surface area contributed by atoms with Crippen LogP contribution in [0.25, 0.3) is 16.8 Å². The number of imide groups is 1. The molecule has 0 bridgehead atoms. The fourth-order valence-electron chi connectivity index (χ4n) is 7.78. The number of likely N-dealkylation sites (tertiary alicyclic amines) is 1. The monoisotopic (exact) mass is 740 g/mol. The highest BCUT2D eigenvalue weighted by atomic mass is 16.2. The van der Waals surface area contributed by atoms with Gasteiger partial charge in [0.15, 0.2) is 0 Å². The van der Waals surface area contributed by atoms with Crippen molar-refractivity contribution in [2.24, 2.45) is 0 Å². The summed E-state index contributed by atoms with van der Waals surface area (Å²) < 4.78 is 1.92. The van der Waals surface area contributed by atoms with Crippen LogP contribution >= 0.6 is 0 Å². The van der Waals surface area contributed by atoms with Gasteiger partial charge in [-0.25, -0.2) is 15.0 Å². The fraction of sp³-hybridized carbons (Fsp3) is 0.300. The Labute approximate surface area is 316 Å². The number of carbonyl (C=O) groups is 5. The van der Waals surface area contributed by atoms with Crippen molar-refractivity contribution < 1.29 is 24.0 Å². The average Bonchev–Trinajstić information content (AvgIpc) is 3.92. The van der Waals surface area contributed by atoms with Crippen molar-refractivity contribution in [2.45, 2.75) is 63.6 Å². The molecule has 3 aromatic heterocycles. The van der Waals surface area contributed by atoms with Crippen LogP contribution in [0.5, 0.6) is 0 Å². The van der Waals surface area contributed by atoms with E-state index in [1.54, 1.807) is 53.7 Å². The minimum absolute atomic E-state index is 0.0529. The molecule has 3 aliphatic rings. The molecular weight excluding hydrogens is 701 g/mol. The maximum absolute atomic E-state index is 13.7. The molecule has 15 heteroatoms. The summed E-state index contributed by atoms with van der Waals surface area (Å²) in [4.78, 5) is 80.8. The van der Waals surface area contributed by atoms with E-state index in [0.29, 0.717) is 78.7 Å². The molecule has 2 saturated heterocycles. The molecule has 1 unspecified atom stereocenters. The number of pyridine rings is 1. The quantitative estimate of drug-likeness (QED) is 0.112. The first-order valence-electron chi connectivity index (χ1n) is 18.5. The highest BCUT2D eigenvalue weighted by Gasteiger charge is 2.40. The van der Waals surface area contributed by atoms with Gasteiger partial charge in [-0.15, -0.1) is 0 Å². The minimum Gasteiger partial charge on any atom is -0.385 e. The summed E-state index contributed by atoms with van der Waals surface area (Å²) in [5.74, 6) is 0.291. The van der Waals surface area contributed by atoms with Crippen LogP contribution in [0.3, 0.4) is 0 Å². The first-order valence-corrected chi connectivity index (χ1v) is 18.5. The van der Waals surface area contributed by atoms with Gasteiger partial charge < -0.3 is 26.2 Å². The second kappa shape index (κ2) is 15.0. The number of amides is 5. The normalized spacial score (nSPS) is 18.1. The number of piperidine rings is 1. The molecule has 0 aliphatic carbocycles. The Bertz CT molecular complexity index is 2310. The van der Waals surface area contributed by atoms with E-state index in [2.05, 4.69) is 25.9 Å². The molecule has 5 aromatic rings. The highest BCUT2D eigenvalue weighted by Crippen LogP contribution is 2.37. The van der Waals surface area contributed by atoms with Crippen molar-refractivity contribution in [2.75, 3.05) is 29.5 Å². The smallest absolute Gasteiger partial charge is 0.256 e. The molecule has 5 amide bonds. The second-order valence-corrected chi connectivity index (χ2v) is 14.0. The molecule has 0 saturated carbocycles. The van der Waals surface area contributed by atoms with E-state index >= 15 is 0 Å². The number of hydrogen-bond acceptors (Lipinski definition) is 10. The number of imidazole rings is 1. The Morgan fingerprint density at radius 3 is 2.58 bits per heavy atom. The molecule has 5 N–H and O–H groups in total. The van der Waals surface area contributed by atoms with Crippen molar-refractivity contribution in [3.8, 4) is 11.3 Å². The van der Waals surface area contributed by atoms with E-state index in [4.69, 9.17) is 10.7 Å². The summed E-state index contributed by atoms with van der Waals surface area (Å²) in [5.41, 5.74) is 11.1. The number of carbonyl (C=O) groups excluding carboxylic acids is 5. The van der Waals surface area contributed by atoms with E-state index in [-0.39, 0.29) is 36.1 Å². The van der Waals surface area contributed by atoms with Gasteiger partial charge in [-0.05, 0) is 68.5 Å². The number of anilines is 3. The lowest BCUT2D eigenvalue weighted by Crippen LogP contribution is -2.52. The maximum atomic E-state index is 13.7. The summed E-state index contributed by atoms with van der Waals surface area (Å²) in [6, 6.07) is 17.0. The number of fused-ring (bicyclic) bond motifs is 2. The first kappa shape index (κ1) is 35.4. The second-order valence-electron chi connectivity index (χ2n) is 14.0. The summed E-state index contributed by atoms with van der Waals surface area (Å²) in [6.45, 7) is 1.52. The van der Waals surface area contributed by atoms with Crippen LogP contribution in [0.2, 0.25) is 0 Å². The van der Waals surface area contributed by atoms with E-state index in [9.17, 15) is 24.0 Å². The molecule has 2 aromatic carbocycles. The Morgan fingerprint density at radius 1 is 0.927 bits per heavy atom. The third kappa shape index (κ3) is 6.96. The number of hydrogen-bond donors (Lipinski definition) is 4. The Balaban J connectivity index is 0.902. The largest absolute Gasteiger partial charge is 0.385 e. The number of nitrogens with zero attached hydrogens (tertiary/aromatic N) is 6. The molecule has 2 fully saturated rings. The first-order chi connectivity index (χ1) is 26.8. The van der Waals surface area contributed by atoms with Crippen LogP contribution in [0.1, 0.15) is 83.1 Å². The Morgan fingerprint density at radius 2 is 1.78 bits per heavy atom. The third-order valence-corrected chi connectivity index (χ3v) is 10.5. The van der Waals surface area contributed by atoms with Gasteiger partial charge in [0, 0.05) is 79.0 Å². The number of nitrogens with two attached hydrogens (primary N) is 1. The van der Waals surface area contributed by atoms with Gasteiger partial charge in [-0.2, -0.15) is 0 Å². The highest BCUT2D eigenvalue weighted by molar-refractivity contribution is 6.06. The zero-order chi connectivity index (χ0) is 38.1. The Kier molecular flexibility index (Phi) is 9.66. The number of aromatic nitrogens is 4. The summed E-state index contributed by atoms with van der Waals surface area (Å²) in [7, 11) is 0. The van der Waals surface area contributed by atoms with Gasteiger partial charge in [0.2, 0.25) is 17.7 Å². The molecule has 3 aliphatic heterocycles. The SMILES string of the molecule is Nc1nccn2c([C@@H]3CCCN3C(=O)CCCCNc3cccc4c3CN(C3CCC(=O)NC3=O)C4=O)nc(-c3ccc(C(=O)Nc4ccccn4)cc3)c12. The molecule has 0 radical (unpaired) electrons. The lowest BCUT2D eigenvalue weighted by Gasteiger charge is -2.29. The van der Waals surface area contributed by atoms with E-state index in [0.717, 1.165) is 36.1 Å². The van der Waals surface area contributed by atoms with Gasteiger partial charge in [-0.3, -0.25) is 33.7 Å². The van der Waals surface area contributed by atoms with Crippen molar-refractivity contribution in [1.82, 2.24) is 34.5 Å². The minimum atomic E-state index is -0.670. The van der Waals surface area contributed by atoms with Crippen molar-refractivity contribution in [1.29, 1.82) is 0 Å². The fourth-order valence-corrected chi connectivity index (χ4v) is 7.78. The Hall–Kier alpha value is -6.64. The zero-order valence-corrected chi connectivity index (χ0v) is 30.0. The van der Waals surface area contributed by atoms with Gasteiger partial charge in [0.05, 0.1) is 6.04 Å². The number of nitrogen functional groups attached to an aromatic ring is 1. The van der Waals surface area contributed by atoms with Crippen molar-refractivity contribution in [3.63, 3.8) is 0 Å². The number of rotatable bonds is 11. The van der Waals surface area contributed by atoms with Crippen molar-refractivity contribution >= 4 is 52.4 Å². The molecule has 8 rings (SSSR count). The van der Waals surface area contributed by atoms with E-state index in [1.165, 1.54) is 0 Å². The van der Waals surface area contributed by atoms with Crippen LogP contribution in [-0.2, 0) is 20.9 Å². The molecule has 55 heavy (non-hydrogen) atoms. The zero-order valence-electron chi connectivity index (χ0n) is 30.0. The number of unbranched alkanes of at least 4 members (excludes halogenated alkanes) is 1. The number of nitrogens with one attached hydrogen (secondary N) is 3. The molecule has 2 atom stereocenters. The van der Waals surface area contributed by atoms with E-state index in [1.807, 2.05) is 39.8 Å². The molecule has 280 valence electrons. The lowest BCUT2D eigenvalue weighted by molar-refractivity contribution is -0.137. The van der Waals surface area contributed by atoms with Gasteiger partial charge in [-0.1, -0.05) is 24.3 Å². The summed E-state index contributed by atoms with van der Waals surface area (Å²) >= 11 is 0. The van der Waals surface area contributed by atoms with Crippen molar-refractivity contribution in [3.05, 3.63) is 102 Å². The number of benzene rings is 2. The topological polar surface area (TPSA) is 197 Å². The predicted molar refractivity (Wildman–Crippen MR) is 204 cm³/mol.